The molecule has 1 aliphatic rings. The average molecular weight is 396 g/mol. The van der Waals surface area contributed by atoms with Crippen LogP contribution in [0.25, 0.3) is 28.7 Å². The van der Waals surface area contributed by atoms with E-state index in [-0.39, 0.29) is 12.7 Å². The van der Waals surface area contributed by atoms with Gasteiger partial charge in [0.1, 0.15) is 0 Å². The van der Waals surface area contributed by atoms with E-state index in [0.717, 1.165) is 22.5 Å². The molecule has 5 rings (SSSR count). The van der Waals surface area contributed by atoms with E-state index >= 15 is 0 Å². The molecule has 0 aliphatic carbocycles. The van der Waals surface area contributed by atoms with Crippen LogP contribution >= 0.6 is 11.6 Å². The van der Waals surface area contributed by atoms with Gasteiger partial charge >= 0.3 is 0 Å². The molecular formula is C19H14ClN5O3. The molecule has 2 aromatic carbocycles. The van der Waals surface area contributed by atoms with Gasteiger partial charge in [-0.05, 0) is 49.7 Å². The molecule has 0 saturated heterocycles. The fourth-order valence-electron chi connectivity index (χ4n) is 2.96. The number of rotatable bonds is 3. The lowest BCUT2D eigenvalue weighted by Crippen LogP contribution is -1.99. The first-order chi connectivity index (χ1) is 13.6. The SMILES string of the molecule is Cc1ccc(-n2nnc(-c3nc(-c4ccc5c(c4)OCO5)no3)c2C)cc1Cl. The minimum absolute atomic E-state index is 0.210. The van der Waals surface area contributed by atoms with Gasteiger partial charge in [0.05, 0.1) is 11.4 Å². The van der Waals surface area contributed by atoms with E-state index in [0.29, 0.717) is 28.0 Å². The van der Waals surface area contributed by atoms with Crippen molar-refractivity contribution in [3.63, 3.8) is 0 Å². The summed E-state index contributed by atoms with van der Waals surface area (Å²) in [6.45, 7) is 4.04. The van der Waals surface area contributed by atoms with Gasteiger partial charge in [0, 0.05) is 10.6 Å². The van der Waals surface area contributed by atoms with Crippen molar-refractivity contribution in [3.05, 3.63) is 52.7 Å². The predicted molar refractivity (Wildman–Crippen MR) is 101 cm³/mol. The summed E-state index contributed by atoms with van der Waals surface area (Å²) < 4.78 is 17.8. The molecule has 3 heterocycles. The van der Waals surface area contributed by atoms with Crippen LogP contribution in [-0.2, 0) is 0 Å². The first kappa shape index (κ1) is 16.8. The summed E-state index contributed by atoms with van der Waals surface area (Å²) in [5.41, 5.74) is 3.84. The molecule has 0 amide bonds. The summed E-state index contributed by atoms with van der Waals surface area (Å²) in [5.74, 6) is 2.07. The molecule has 0 fully saturated rings. The number of aryl methyl sites for hydroxylation is 1. The molecule has 0 atom stereocenters. The molecule has 0 bridgehead atoms. The van der Waals surface area contributed by atoms with Crippen molar-refractivity contribution in [2.24, 2.45) is 0 Å². The summed E-state index contributed by atoms with van der Waals surface area (Å²) in [5, 5.41) is 13.1. The molecule has 28 heavy (non-hydrogen) atoms. The monoisotopic (exact) mass is 395 g/mol. The minimum Gasteiger partial charge on any atom is -0.454 e. The van der Waals surface area contributed by atoms with E-state index in [4.69, 9.17) is 25.6 Å². The molecular weight excluding hydrogens is 382 g/mol. The highest BCUT2D eigenvalue weighted by atomic mass is 35.5. The van der Waals surface area contributed by atoms with Crippen LogP contribution in [-0.4, -0.2) is 31.9 Å². The number of aromatic nitrogens is 5. The quantitative estimate of drug-likeness (QED) is 0.518. The van der Waals surface area contributed by atoms with Crippen LogP contribution < -0.4 is 9.47 Å². The van der Waals surface area contributed by atoms with Crippen LogP contribution in [0.1, 0.15) is 11.3 Å². The van der Waals surface area contributed by atoms with Crippen LogP contribution in [0.3, 0.4) is 0 Å². The highest BCUT2D eigenvalue weighted by Crippen LogP contribution is 2.35. The zero-order valence-corrected chi connectivity index (χ0v) is 15.8. The van der Waals surface area contributed by atoms with Crippen LogP contribution in [0.2, 0.25) is 5.02 Å². The Bertz CT molecular complexity index is 1200. The van der Waals surface area contributed by atoms with Gasteiger partial charge in [-0.3, -0.25) is 0 Å². The van der Waals surface area contributed by atoms with Gasteiger partial charge in [0.15, 0.2) is 17.2 Å². The number of hydrogen-bond acceptors (Lipinski definition) is 7. The van der Waals surface area contributed by atoms with E-state index in [9.17, 15) is 0 Å². The Balaban J connectivity index is 1.49. The second kappa shape index (κ2) is 6.35. The van der Waals surface area contributed by atoms with Crippen molar-refractivity contribution in [3.8, 4) is 40.2 Å². The molecule has 0 unspecified atom stereocenters. The summed E-state index contributed by atoms with van der Waals surface area (Å²) in [7, 11) is 0. The Kier molecular flexibility index (Phi) is 3.80. The van der Waals surface area contributed by atoms with E-state index in [2.05, 4.69) is 20.5 Å². The Labute approximate surface area is 164 Å². The molecule has 140 valence electrons. The van der Waals surface area contributed by atoms with Gasteiger partial charge in [0.25, 0.3) is 5.89 Å². The van der Waals surface area contributed by atoms with Crippen molar-refractivity contribution < 1.29 is 14.0 Å². The van der Waals surface area contributed by atoms with Gasteiger partial charge in [0.2, 0.25) is 12.6 Å². The maximum Gasteiger partial charge on any atom is 0.280 e. The second-order valence-electron chi connectivity index (χ2n) is 6.36. The van der Waals surface area contributed by atoms with Crippen molar-refractivity contribution in [1.82, 2.24) is 25.1 Å². The van der Waals surface area contributed by atoms with Crippen molar-refractivity contribution >= 4 is 11.6 Å². The minimum atomic E-state index is 0.210. The molecule has 0 saturated carbocycles. The zero-order valence-electron chi connectivity index (χ0n) is 15.0. The van der Waals surface area contributed by atoms with Crippen LogP contribution in [0, 0.1) is 13.8 Å². The molecule has 0 radical (unpaired) electrons. The van der Waals surface area contributed by atoms with Crippen molar-refractivity contribution in [1.29, 1.82) is 0 Å². The lowest BCUT2D eigenvalue weighted by molar-refractivity contribution is 0.174. The Morgan fingerprint density at radius 2 is 1.89 bits per heavy atom. The summed E-state index contributed by atoms with van der Waals surface area (Å²) in [4.78, 5) is 4.46. The molecule has 9 heteroatoms. The van der Waals surface area contributed by atoms with E-state index in [1.165, 1.54) is 0 Å². The van der Waals surface area contributed by atoms with Gasteiger partial charge in [-0.15, -0.1) is 5.10 Å². The molecule has 0 spiro atoms. The first-order valence-corrected chi connectivity index (χ1v) is 8.91. The number of halogens is 1. The summed E-state index contributed by atoms with van der Waals surface area (Å²) >= 11 is 6.23. The van der Waals surface area contributed by atoms with Gasteiger partial charge in [-0.25, -0.2) is 4.68 Å². The molecule has 0 N–H and O–H groups in total. The van der Waals surface area contributed by atoms with Gasteiger partial charge in [-0.2, -0.15) is 4.98 Å². The predicted octanol–water partition coefficient (Wildman–Crippen LogP) is 3.98. The van der Waals surface area contributed by atoms with Gasteiger partial charge in [-0.1, -0.05) is 28.0 Å². The molecule has 8 nitrogen and oxygen atoms in total. The van der Waals surface area contributed by atoms with Gasteiger partial charge < -0.3 is 14.0 Å². The van der Waals surface area contributed by atoms with Crippen LogP contribution in [0.15, 0.2) is 40.9 Å². The van der Waals surface area contributed by atoms with E-state index < -0.39 is 0 Å². The summed E-state index contributed by atoms with van der Waals surface area (Å²) in [6.07, 6.45) is 0. The maximum absolute atomic E-state index is 6.23. The molecule has 4 aromatic rings. The van der Waals surface area contributed by atoms with Crippen LogP contribution in [0.4, 0.5) is 0 Å². The van der Waals surface area contributed by atoms with E-state index in [1.54, 1.807) is 4.68 Å². The Hall–Kier alpha value is -3.39. The maximum atomic E-state index is 6.23. The second-order valence-corrected chi connectivity index (χ2v) is 6.77. The molecule has 1 aliphatic heterocycles. The number of benzene rings is 2. The lowest BCUT2D eigenvalue weighted by atomic mass is 10.2. The standard InChI is InChI=1S/C19H14ClN5O3/c1-10-3-5-13(8-14(10)20)25-11(2)17(22-24-25)19-21-18(23-28-19)12-4-6-15-16(7-12)27-9-26-15/h3-8H,9H2,1-2H3. The van der Waals surface area contributed by atoms with Crippen molar-refractivity contribution in [2.45, 2.75) is 13.8 Å². The third-order valence-corrected chi connectivity index (χ3v) is 4.96. The average Bonchev–Trinajstić information content (AvgIpc) is 3.42. The lowest BCUT2D eigenvalue weighted by Gasteiger charge is -2.05. The number of fused-ring (bicyclic) bond motifs is 1. The highest BCUT2D eigenvalue weighted by molar-refractivity contribution is 6.31. The normalized spacial score (nSPS) is 12.5. The fourth-order valence-corrected chi connectivity index (χ4v) is 3.13. The largest absolute Gasteiger partial charge is 0.454 e. The van der Waals surface area contributed by atoms with E-state index in [1.807, 2.05) is 50.2 Å². The zero-order chi connectivity index (χ0) is 19.3. The van der Waals surface area contributed by atoms with Crippen molar-refractivity contribution in [2.75, 3.05) is 6.79 Å². The third-order valence-electron chi connectivity index (χ3n) is 4.55. The van der Waals surface area contributed by atoms with Crippen LogP contribution in [0.5, 0.6) is 11.5 Å². The molecule has 2 aromatic heterocycles. The first-order valence-electron chi connectivity index (χ1n) is 8.53. The fraction of sp³-hybridized carbons (Fsp3) is 0.158. The Morgan fingerprint density at radius 3 is 2.75 bits per heavy atom. The third kappa shape index (κ3) is 2.69. The number of ether oxygens (including phenoxy) is 2. The Morgan fingerprint density at radius 1 is 1.04 bits per heavy atom. The smallest absolute Gasteiger partial charge is 0.280 e. The number of hydrogen-bond donors (Lipinski definition) is 0. The topological polar surface area (TPSA) is 88.1 Å². The summed E-state index contributed by atoms with van der Waals surface area (Å²) in [6, 6.07) is 11.2. The number of nitrogens with zero attached hydrogens (tertiary/aromatic N) is 5. The highest BCUT2D eigenvalue weighted by Gasteiger charge is 2.21.